The van der Waals surface area contributed by atoms with Crippen molar-refractivity contribution in [2.24, 2.45) is 0 Å². The maximum Gasteiger partial charge on any atom is 0.274 e. The molecule has 3 heterocycles. The molecule has 1 fully saturated rings. The number of amides is 1. The second-order valence-corrected chi connectivity index (χ2v) is 9.60. The molecule has 1 aromatic carbocycles. The molecule has 2 aromatic rings. The van der Waals surface area contributed by atoms with Gasteiger partial charge in [-0.05, 0) is 55.5 Å². The second-order valence-electron chi connectivity index (χ2n) is 7.71. The van der Waals surface area contributed by atoms with Crippen LogP contribution in [0, 0.1) is 6.92 Å². The summed E-state index contributed by atoms with van der Waals surface area (Å²) in [5, 5.41) is 6.84. The van der Waals surface area contributed by atoms with E-state index in [1.165, 1.54) is 0 Å². The molecule has 4 rings (SSSR count). The second kappa shape index (κ2) is 7.89. The molecule has 8 nitrogen and oxygen atoms in total. The minimum atomic E-state index is -3.60. The van der Waals surface area contributed by atoms with Crippen molar-refractivity contribution in [2.75, 3.05) is 26.8 Å². The summed E-state index contributed by atoms with van der Waals surface area (Å²) in [6.45, 7) is 3.73. The average molecular weight is 419 g/mol. The van der Waals surface area contributed by atoms with Crippen LogP contribution in [0.2, 0.25) is 0 Å². The summed E-state index contributed by atoms with van der Waals surface area (Å²) in [7, 11) is -2.01. The number of carbonyl (C=O) groups is 1. The number of H-pyrrole nitrogens is 1. The first kappa shape index (κ1) is 20.1. The van der Waals surface area contributed by atoms with Gasteiger partial charge in [0.2, 0.25) is 10.0 Å². The molecule has 1 atom stereocenters. The summed E-state index contributed by atoms with van der Waals surface area (Å²) in [6.07, 6.45) is 2.34. The van der Waals surface area contributed by atoms with Crippen LogP contribution in [0.15, 0.2) is 29.2 Å². The quantitative estimate of drug-likeness (QED) is 0.798. The first-order valence-corrected chi connectivity index (χ1v) is 11.3. The van der Waals surface area contributed by atoms with Gasteiger partial charge in [-0.2, -0.15) is 9.40 Å². The minimum absolute atomic E-state index is 0.123. The zero-order chi connectivity index (χ0) is 20.6. The van der Waals surface area contributed by atoms with Gasteiger partial charge in [-0.3, -0.25) is 9.89 Å². The van der Waals surface area contributed by atoms with Crippen molar-refractivity contribution in [3.8, 4) is 0 Å². The van der Waals surface area contributed by atoms with Crippen molar-refractivity contribution in [3.63, 3.8) is 0 Å². The Kier molecular flexibility index (Phi) is 5.46. The van der Waals surface area contributed by atoms with Gasteiger partial charge in [-0.15, -0.1) is 0 Å². The fraction of sp³-hybridized carbons (Fsp3) is 0.500. The van der Waals surface area contributed by atoms with Gasteiger partial charge in [-0.25, -0.2) is 8.42 Å². The van der Waals surface area contributed by atoms with Crippen molar-refractivity contribution in [1.82, 2.24) is 19.4 Å². The molecule has 1 N–H and O–H groups in total. The normalized spacial score (nSPS) is 20.1. The Labute approximate surface area is 170 Å². The van der Waals surface area contributed by atoms with E-state index in [1.54, 1.807) is 34.5 Å². The molecule has 0 radical (unpaired) electrons. The predicted octanol–water partition coefficient (Wildman–Crippen LogP) is 1.72. The van der Waals surface area contributed by atoms with Crippen molar-refractivity contribution in [3.05, 3.63) is 46.8 Å². The number of sulfonamides is 1. The lowest BCUT2D eigenvalue weighted by Crippen LogP contribution is -2.38. The third-order valence-corrected chi connectivity index (χ3v) is 7.64. The van der Waals surface area contributed by atoms with Crippen molar-refractivity contribution >= 4 is 15.9 Å². The lowest BCUT2D eigenvalue weighted by atomic mass is 9.99. The van der Waals surface area contributed by atoms with Gasteiger partial charge in [0.05, 0.1) is 11.5 Å². The summed E-state index contributed by atoms with van der Waals surface area (Å²) in [5.41, 5.74) is 3.17. The molecule has 2 aliphatic rings. The van der Waals surface area contributed by atoms with Gasteiger partial charge >= 0.3 is 0 Å². The molecule has 29 heavy (non-hydrogen) atoms. The molecule has 1 amide bonds. The molecule has 156 valence electrons. The summed E-state index contributed by atoms with van der Waals surface area (Å²) in [5.74, 6) is -0.145. The Morgan fingerprint density at radius 1 is 1.28 bits per heavy atom. The van der Waals surface area contributed by atoms with Crippen LogP contribution in [0.25, 0.3) is 0 Å². The standard InChI is InChI=1S/C20H26N4O4S/c1-14-10-19(22-21-14)20(25)23-9-7-15-5-6-18(11-16(15)12-23)29(26,27)24-8-3-4-17(24)13-28-2/h5-6,10-11,17H,3-4,7-9,12-13H2,1-2H3,(H,21,22)/t17-/m0/s1. The van der Waals surface area contributed by atoms with E-state index < -0.39 is 10.0 Å². The number of rotatable bonds is 5. The molecule has 0 aliphatic carbocycles. The van der Waals surface area contributed by atoms with Gasteiger partial charge in [0.15, 0.2) is 0 Å². The Balaban J connectivity index is 1.58. The number of hydrogen-bond acceptors (Lipinski definition) is 5. The highest BCUT2D eigenvalue weighted by Gasteiger charge is 2.36. The lowest BCUT2D eigenvalue weighted by Gasteiger charge is -2.29. The van der Waals surface area contributed by atoms with Crippen LogP contribution in [0.5, 0.6) is 0 Å². The zero-order valence-corrected chi connectivity index (χ0v) is 17.5. The molecule has 1 saturated heterocycles. The first-order valence-electron chi connectivity index (χ1n) is 9.84. The maximum atomic E-state index is 13.2. The topological polar surface area (TPSA) is 95.6 Å². The summed E-state index contributed by atoms with van der Waals surface area (Å²) < 4.78 is 33.2. The van der Waals surface area contributed by atoms with E-state index in [9.17, 15) is 13.2 Å². The minimum Gasteiger partial charge on any atom is -0.383 e. The van der Waals surface area contributed by atoms with Crippen LogP contribution >= 0.6 is 0 Å². The van der Waals surface area contributed by atoms with Crippen molar-refractivity contribution in [1.29, 1.82) is 0 Å². The molecule has 1 aromatic heterocycles. The van der Waals surface area contributed by atoms with E-state index in [2.05, 4.69) is 10.2 Å². The van der Waals surface area contributed by atoms with Crippen LogP contribution in [-0.2, 0) is 27.7 Å². The molecular weight excluding hydrogens is 392 g/mol. The van der Waals surface area contributed by atoms with Crippen LogP contribution < -0.4 is 0 Å². The van der Waals surface area contributed by atoms with E-state index in [0.717, 1.165) is 29.7 Å². The molecular formula is C20H26N4O4S. The van der Waals surface area contributed by atoms with E-state index in [-0.39, 0.29) is 16.8 Å². The third kappa shape index (κ3) is 3.82. The predicted molar refractivity (Wildman–Crippen MR) is 107 cm³/mol. The molecule has 0 unspecified atom stereocenters. The molecule has 2 aliphatic heterocycles. The number of methoxy groups -OCH3 is 1. The number of nitrogens with one attached hydrogen (secondary N) is 1. The smallest absolute Gasteiger partial charge is 0.274 e. The van der Waals surface area contributed by atoms with Gasteiger partial charge in [0.1, 0.15) is 5.69 Å². The maximum absolute atomic E-state index is 13.2. The zero-order valence-electron chi connectivity index (χ0n) is 16.7. The Hall–Kier alpha value is -2.23. The fourth-order valence-electron chi connectivity index (χ4n) is 4.18. The van der Waals surface area contributed by atoms with Crippen molar-refractivity contribution in [2.45, 2.75) is 43.7 Å². The summed E-state index contributed by atoms with van der Waals surface area (Å²) >= 11 is 0. The van der Waals surface area contributed by atoms with Gasteiger partial charge < -0.3 is 9.64 Å². The number of carbonyl (C=O) groups excluding carboxylic acids is 1. The van der Waals surface area contributed by atoms with E-state index in [4.69, 9.17) is 4.74 Å². The number of aryl methyl sites for hydroxylation is 1. The number of ether oxygens (including phenoxy) is 1. The Morgan fingerprint density at radius 2 is 2.10 bits per heavy atom. The first-order chi connectivity index (χ1) is 13.9. The molecule has 9 heteroatoms. The van der Waals surface area contributed by atoms with E-state index in [0.29, 0.717) is 38.4 Å². The van der Waals surface area contributed by atoms with Gasteiger partial charge in [-0.1, -0.05) is 6.07 Å². The van der Waals surface area contributed by atoms with E-state index in [1.807, 2.05) is 13.0 Å². The number of benzene rings is 1. The van der Waals surface area contributed by atoms with Crippen LogP contribution in [0.4, 0.5) is 0 Å². The van der Waals surface area contributed by atoms with Gasteiger partial charge in [0, 0.05) is 38.5 Å². The van der Waals surface area contributed by atoms with Crippen LogP contribution in [0.1, 0.15) is 40.2 Å². The number of nitrogens with zero attached hydrogens (tertiary/aromatic N) is 3. The fourth-order valence-corrected chi connectivity index (χ4v) is 5.91. The van der Waals surface area contributed by atoms with Crippen LogP contribution in [-0.4, -0.2) is 66.6 Å². The monoisotopic (exact) mass is 418 g/mol. The average Bonchev–Trinajstić information content (AvgIpc) is 3.36. The number of aromatic nitrogens is 2. The highest BCUT2D eigenvalue weighted by molar-refractivity contribution is 7.89. The molecule has 0 saturated carbocycles. The summed E-state index contributed by atoms with van der Waals surface area (Å²) in [6, 6.07) is 6.89. The highest BCUT2D eigenvalue weighted by Crippen LogP contribution is 2.29. The largest absolute Gasteiger partial charge is 0.383 e. The Morgan fingerprint density at radius 3 is 2.83 bits per heavy atom. The lowest BCUT2D eigenvalue weighted by molar-refractivity contribution is 0.0728. The number of hydrogen-bond donors (Lipinski definition) is 1. The Bertz CT molecular complexity index is 1020. The van der Waals surface area contributed by atoms with Crippen molar-refractivity contribution < 1.29 is 17.9 Å². The van der Waals surface area contributed by atoms with E-state index >= 15 is 0 Å². The summed E-state index contributed by atoms with van der Waals surface area (Å²) in [4.78, 5) is 14.7. The third-order valence-electron chi connectivity index (χ3n) is 5.69. The van der Waals surface area contributed by atoms with Crippen LogP contribution in [0.3, 0.4) is 0 Å². The molecule has 0 bridgehead atoms. The number of aromatic amines is 1. The highest BCUT2D eigenvalue weighted by atomic mass is 32.2. The number of fused-ring (bicyclic) bond motifs is 1. The SMILES string of the molecule is COC[C@@H]1CCCN1S(=O)(=O)c1ccc2c(c1)CN(C(=O)c1cc(C)[nH]n1)CC2. The molecule has 0 spiro atoms. The van der Waals surface area contributed by atoms with Gasteiger partial charge in [0.25, 0.3) is 5.91 Å².